The zero-order valence-corrected chi connectivity index (χ0v) is 12.1. The Kier molecular flexibility index (Phi) is 6.47. The zero-order chi connectivity index (χ0) is 15.0. The number of carboxylic acids is 1. The third-order valence-corrected chi connectivity index (χ3v) is 3.01. The van der Waals surface area contributed by atoms with Crippen LogP contribution < -0.4 is 4.74 Å². The number of carboxylic acid groups (broad SMARTS) is 1. The van der Waals surface area contributed by atoms with Gasteiger partial charge in [-0.25, -0.2) is 4.79 Å². The summed E-state index contributed by atoms with van der Waals surface area (Å²) in [7, 11) is -3.37. The van der Waals surface area contributed by atoms with Crippen LogP contribution in [-0.2, 0) is 25.5 Å². The molecule has 7 heteroatoms. The van der Waals surface area contributed by atoms with E-state index in [9.17, 15) is 13.2 Å². The van der Waals surface area contributed by atoms with Gasteiger partial charge in [-0.1, -0.05) is 12.1 Å². The Morgan fingerprint density at radius 2 is 2.05 bits per heavy atom. The Bertz CT molecular complexity index is 538. The molecule has 0 bridgehead atoms. The Morgan fingerprint density at radius 3 is 2.70 bits per heavy atom. The number of benzene rings is 1. The van der Waals surface area contributed by atoms with Crippen molar-refractivity contribution in [1.29, 1.82) is 0 Å². The summed E-state index contributed by atoms with van der Waals surface area (Å²) in [5.41, 5.74) is 1.01. The highest BCUT2D eigenvalue weighted by atomic mass is 32.2. The monoisotopic (exact) mass is 302 g/mol. The molecular formula is C13H18O6S. The molecule has 1 aromatic rings. The molecule has 0 aliphatic carbocycles. The molecule has 0 aromatic heterocycles. The summed E-state index contributed by atoms with van der Waals surface area (Å²) < 4.78 is 31.2. The number of unbranched alkanes of at least 4 members (excludes halogenated alkanes) is 1. The van der Waals surface area contributed by atoms with Gasteiger partial charge in [-0.2, -0.15) is 8.42 Å². The molecule has 112 valence electrons. The molecule has 0 saturated heterocycles. The second kappa shape index (κ2) is 7.86. The van der Waals surface area contributed by atoms with E-state index in [4.69, 9.17) is 9.84 Å². The van der Waals surface area contributed by atoms with Crippen LogP contribution in [0, 0.1) is 0 Å². The lowest BCUT2D eigenvalue weighted by Gasteiger charge is -2.06. The van der Waals surface area contributed by atoms with Crippen LogP contribution in [0.4, 0.5) is 0 Å². The molecule has 0 unspecified atom stereocenters. The second-order valence-corrected chi connectivity index (χ2v) is 5.96. The Morgan fingerprint density at radius 1 is 1.30 bits per heavy atom. The molecule has 0 saturated carbocycles. The quantitative estimate of drug-likeness (QED) is 0.548. The Balaban J connectivity index is 2.33. The number of carbonyl (C=O) groups is 1. The van der Waals surface area contributed by atoms with Crippen molar-refractivity contribution in [1.82, 2.24) is 0 Å². The highest BCUT2D eigenvalue weighted by molar-refractivity contribution is 7.85. The van der Waals surface area contributed by atoms with Crippen molar-refractivity contribution < 1.29 is 27.2 Å². The van der Waals surface area contributed by atoms with Crippen LogP contribution in [-0.4, -0.2) is 39.0 Å². The fourth-order valence-electron chi connectivity index (χ4n) is 1.58. The first-order valence-electron chi connectivity index (χ1n) is 6.15. The van der Waals surface area contributed by atoms with Gasteiger partial charge in [0, 0.05) is 0 Å². The minimum Gasteiger partial charge on any atom is -0.482 e. The number of rotatable bonds is 9. The lowest BCUT2D eigenvalue weighted by Crippen LogP contribution is -2.09. The van der Waals surface area contributed by atoms with Crippen molar-refractivity contribution in [2.24, 2.45) is 0 Å². The van der Waals surface area contributed by atoms with Gasteiger partial charge in [-0.05, 0) is 37.0 Å². The van der Waals surface area contributed by atoms with Crippen molar-refractivity contribution in [3.8, 4) is 5.75 Å². The maximum Gasteiger partial charge on any atom is 0.341 e. The zero-order valence-electron chi connectivity index (χ0n) is 11.2. The van der Waals surface area contributed by atoms with E-state index in [-0.39, 0.29) is 13.2 Å². The number of hydrogen-bond acceptors (Lipinski definition) is 5. The molecular weight excluding hydrogens is 284 g/mol. The van der Waals surface area contributed by atoms with E-state index in [2.05, 4.69) is 4.18 Å². The summed E-state index contributed by atoms with van der Waals surface area (Å²) in [6.45, 7) is -0.195. The normalized spacial score (nSPS) is 11.2. The predicted octanol–water partition coefficient (Wildman–Crippen LogP) is 1.45. The van der Waals surface area contributed by atoms with E-state index >= 15 is 0 Å². The molecule has 1 rings (SSSR count). The van der Waals surface area contributed by atoms with Crippen LogP contribution >= 0.6 is 0 Å². The van der Waals surface area contributed by atoms with Crippen molar-refractivity contribution in [2.75, 3.05) is 19.5 Å². The van der Waals surface area contributed by atoms with Crippen LogP contribution in [0.3, 0.4) is 0 Å². The van der Waals surface area contributed by atoms with Gasteiger partial charge >= 0.3 is 5.97 Å². The van der Waals surface area contributed by atoms with Crippen LogP contribution in [0.5, 0.6) is 5.75 Å². The fraction of sp³-hybridized carbons (Fsp3) is 0.462. The minimum absolute atomic E-state index is 0.175. The third kappa shape index (κ3) is 7.75. The molecule has 20 heavy (non-hydrogen) atoms. The second-order valence-electron chi connectivity index (χ2n) is 4.31. The van der Waals surface area contributed by atoms with E-state index in [1.807, 2.05) is 6.07 Å². The molecule has 0 aliphatic rings. The molecule has 0 atom stereocenters. The molecule has 6 nitrogen and oxygen atoms in total. The summed E-state index contributed by atoms with van der Waals surface area (Å²) in [6, 6.07) is 7.17. The maximum absolute atomic E-state index is 10.7. The highest BCUT2D eigenvalue weighted by Gasteiger charge is 2.02. The van der Waals surface area contributed by atoms with Gasteiger partial charge in [0.2, 0.25) is 0 Å². The minimum atomic E-state index is -3.37. The van der Waals surface area contributed by atoms with Gasteiger partial charge < -0.3 is 9.84 Å². The van der Waals surface area contributed by atoms with Crippen molar-refractivity contribution in [3.63, 3.8) is 0 Å². The van der Waals surface area contributed by atoms with Crippen LogP contribution in [0.1, 0.15) is 18.4 Å². The largest absolute Gasteiger partial charge is 0.482 e. The van der Waals surface area contributed by atoms with Gasteiger partial charge in [0.05, 0.1) is 12.9 Å². The summed E-state index contributed by atoms with van der Waals surface area (Å²) in [4.78, 5) is 10.4. The predicted molar refractivity (Wildman–Crippen MR) is 73.3 cm³/mol. The molecule has 0 aliphatic heterocycles. The van der Waals surface area contributed by atoms with Gasteiger partial charge in [-0.15, -0.1) is 0 Å². The first kappa shape index (κ1) is 16.5. The van der Waals surface area contributed by atoms with E-state index in [0.29, 0.717) is 12.2 Å². The molecule has 1 N–H and O–H groups in total. The summed E-state index contributed by atoms with van der Waals surface area (Å²) in [5, 5.41) is 8.52. The summed E-state index contributed by atoms with van der Waals surface area (Å²) >= 11 is 0. The summed E-state index contributed by atoms with van der Waals surface area (Å²) in [6.07, 6.45) is 3.18. The first-order chi connectivity index (χ1) is 9.37. The van der Waals surface area contributed by atoms with E-state index in [1.165, 1.54) is 0 Å². The number of aliphatic carboxylic acids is 1. The van der Waals surface area contributed by atoms with Gasteiger partial charge in [-0.3, -0.25) is 4.18 Å². The molecule has 0 amide bonds. The lowest BCUT2D eigenvalue weighted by atomic mass is 10.1. The topological polar surface area (TPSA) is 89.9 Å². The molecule has 0 heterocycles. The van der Waals surface area contributed by atoms with E-state index in [0.717, 1.165) is 24.7 Å². The van der Waals surface area contributed by atoms with E-state index < -0.39 is 16.1 Å². The van der Waals surface area contributed by atoms with Gasteiger partial charge in [0.25, 0.3) is 10.1 Å². The third-order valence-electron chi connectivity index (χ3n) is 2.42. The number of aryl methyl sites for hydroxylation is 1. The smallest absolute Gasteiger partial charge is 0.341 e. The number of ether oxygens (including phenoxy) is 1. The Hall–Kier alpha value is -1.60. The maximum atomic E-state index is 10.7. The van der Waals surface area contributed by atoms with Crippen molar-refractivity contribution in [2.45, 2.75) is 19.3 Å². The van der Waals surface area contributed by atoms with Crippen LogP contribution in [0.25, 0.3) is 0 Å². The number of hydrogen-bond donors (Lipinski definition) is 1. The van der Waals surface area contributed by atoms with Crippen molar-refractivity contribution in [3.05, 3.63) is 29.8 Å². The highest BCUT2D eigenvalue weighted by Crippen LogP contribution is 2.15. The molecule has 0 spiro atoms. The first-order valence-corrected chi connectivity index (χ1v) is 7.96. The SMILES string of the molecule is CS(=O)(=O)OCCCCc1cccc(OCC(=O)O)c1. The Labute approximate surface area is 118 Å². The average molecular weight is 302 g/mol. The lowest BCUT2D eigenvalue weighted by molar-refractivity contribution is -0.139. The van der Waals surface area contributed by atoms with Gasteiger partial charge in [0.1, 0.15) is 5.75 Å². The summed E-state index contributed by atoms with van der Waals surface area (Å²) in [5.74, 6) is -0.509. The molecule has 1 aromatic carbocycles. The van der Waals surface area contributed by atoms with Crippen LogP contribution in [0.15, 0.2) is 24.3 Å². The van der Waals surface area contributed by atoms with Crippen molar-refractivity contribution >= 4 is 16.1 Å². The standard InChI is InChI=1S/C13H18O6S/c1-20(16,17)19-8-3-2-5-11-6-4-7-12(9-11)18-10-13(14)15/h4,6-7,9H,2-3,5,8,10H2,1H3,(H,14,15). The fourth-order valence-corrected chi connectivity index (χ4v) is 2.00. The molecule has 0 fully saturated rings. The van der Waals surface area contributed by atoms with E-state index in [1.54, 1.807) is 18.2 Å². The molecule has 0 radical (unpaired) electrons. The van der Waals surface area contributed by atoms with Gasteiger partial charge in [0.15, 0.2) is 6.61 Å². The average Bonchev–Trinajstić information content (AvgIpc) is 2.35. The van der Waals surface area contributed by atoms with Crippen LogP contribution in [0.2, 0.25) is 0 Å².